The van der Waals surface area contributed by atoms with Crippen molar-refractivity contribution < 1.29 is 9.53 Å². The molecule has 0 unspecified atom stereocenters. The van der Waals surface area contributed by atoms with Gasteiger partial charge >= 0.3 is 5.97 Å². The lowest BCUT2D eigenvalue weighted by Crippen LogP contribution is -2.33. The van der Waals surface area contributed by atoms with Crippen LogP contribution >= 0.6 is 0 Å². The first kappa shape index (κ1) is 12.9. The van der Waals surface area contributed by atoms with E-state index in [4.69, 9.17) is 4.74 Å². The van der Waals surface area contributed by atoms with Crippen molar-refractivity contribution in [3.05, 3.63) is 0 Å². The Morgan fingerprint density at radius 3 is 2.06 bits per heavy atom. The highest BCUT2D eigenvalue weighted by molar-refractivity contribution is 5.73. The first-order chi connectivity index (χ1) is 7.90. The quantitative estimate of drug-likeness (QED) is 0.643. The van der Waals surface area contributed by atoms with Crippen LogP contribution in [0.2, 0.25) is 0 Å². The van der Waals surface area contributed by atoms with Gasteiger partial charge in [0, 0.05) is 0 Å². The van der Waals surface area contributed by atoms with Gasteiger partial charge < -0.3 is 4.74 Å². The fourth-order valence-electron chi connectivity index (χ4n) is 3.48. The normalized spacial score (nSPS) is 25.1. The lowest BCUT2D eigenvalue weighted by atomic mass is 9.69. The van der Waals surface area contributed by atoms with Gasteiger partial charge in [0.15, 0.2) is 0 Å². The Morgan fingerprint density at radius 2 is 1.59 bits per heavy atom. The minimum absolute atomic E-state index is 0.0327. The highest BCUT2D eigenvalue weighted by Gasteiger charge is 2.40. The fraction of sp³-hybridized carbons (Fsp3) is 0.933. The predicted octanol–water partition coefficient (Wildman–Crippen LogP) is 4.08. The largest absolute Gasteiger partial charge is 0.460 e. The smallest absolute Gasteiger partial charge is 0.309 e. The molecule has 2 fully saturated rings. The molecule has 98 valence electrons. The van der Waals surface area contributed by atoms with E-state index in [0.29, 0.717) is 5.41 Å². The zero-order valence-electron chi connectivity index (χ0n) is 11.6. The third kappa shape index (κ3) is 3.23. The summed E-state index contributed by atoms with van der Waals surface area (Å²) in [5.74, 6) is 0.200. The molecule has 0 heterocycles. The molecule has 0 saturated heterocycles. The van der Waals surface area contributed by atoms with Crippen molar-refractivity contribution >= 4 is 5.97 Å². The van der Waals surface area contributed by atoms with E-state index in [1.807, 2.05) is 20.8 Å². The third-order valence-corrected chi connectivity index (χ3v) is 4.45. The van der Waals surface area contributed by atoms with Crippen LogP contribution < -0.4 is 0 Å². The Kier molecular flexibility index (Phi) is 3.51. The van der Waals surface area contributed by atoms with Crippen LogP contribution in [0, 0.1) is 11.3 Å². The lowest BCUT2D eigenvalue weighted by molar-refractivity contribution is -0.162. The molecule has 0 atom stereocenters. The van der Waals surface area contributed by atoms with Crippen LogP contribution in [0.15, 0.2) is 0 Å². The lowest BCUT2D eigenvalue weighted by Gasteiger charge is -2.37. The molecule has 2 saturated carbocycles. The van der Waals surface area contributed by atoms with Crippen LogP contribution in [0.25, 0.3) is 0 Å². The molecule has 2 aliphatic carbocycles. The number of hydrogen-bond donors (Lipinski definition) is 0. The van der Waals surface area contributed by atoms with Crippen molar-refractivity contribution in [3.8, 4) is 0 Å². The van der Waals surface area contributed by atoms with E-state index in [9.17, 15) is 4.79 Å². The molecule has 2 rings (SSSR count). The molecule has 0 bridgehead atoms. The van der Waals surface area contributed by atoms with Crippen LogP contribution in [0.3, 0.4) is 0 Å². The van der Waals surface area contributed by atoms with Crippen LogP contribution in [0.5, 0.6) is 0 Å². The van der Waals surface area contributed by atoms with Gasteiger partial charge in [-0.05, 0) is 64.7 Å². The van der Waals surface area contributed by atoms with Crippen molar-refractivity contribution in [2.45, 2.75) is 77.7 Å². The van der Waals surface area contributed by atoms with E-state index < -0.39 is 0 Å². The molecule has 0 N–H and O–H groups in total. The molecule has 2 aliphatic rings. The molecule has 0 aliphatic heterocycles. The highest BCUT2D eigenvalue weighted by Crippen LogP contribution is 2.50. The van der Waals surface area contributed by atoms with Crippen LogP contribution in [0.4, 0.5) is 0 Å². The summed E-state index contributed by atoms with van der Waals surface area (Å²) < 4.78 is 5.49. The van der Waals surface area contributed by atoms with Gasteiger partial charge in [0.05, 0.1) is 5.92 Å². The van der Waals surface area contributed by atoms with E-state index in [-0.39, 0.29) is 17.5 Å². The van der Waals surface area contributed by atoms with E-state index in [2.05, 4.69) is 0 Å². The van der Waals surface area contributed by atoms with Gasteiger partial charge in [0.2, 0.25) is 0 Å². The number of rotatable bonds is 1. The number of ether oxygens (including phenoxy) is 1. The van der Waals surface area contributed by atoms with Crippen molar-refractivity contribution in [3.63, 3.8) is 0 Å². The van der Waals surface area contributed by atoms with Gasteiger partial charge in [-0.2, -0.15) is 0 Å². The molecule has 1 spiro atoms. The number of carbonyl (C=O) groups excluding carboxylic acids is 1. The summed E-state index contributed by atoms with van der Waals surface area (Å²) in [5.41, 5.74) is 0.276. The molecule has 0 aromatic carbocycles. The van der Waals surface area contributed by atoms with Crippen LogP contribution in [-0.4, -0.2) is 11.6 Å². The Morgan fingerprint density at radius 1 is 1.06 bits per heavy atom. The monoisotopic (exact) mass is 238 g/mol. The maximum Gasteiger partial charge on any atom is 0.309 e. The van der Waals surface area contributed by atoms with Crippen LogP contribution in [-0.2, 0) is 9.53 Å². The molecule has 0 amide bonds. The Bertz CT molecular complexity index is 272. The zero-order valence-corrected chi connectivity index (χ0v) is 11.6. The second kappa shape index (κ2) is 4.62. The molecule has 0 aromatic heterocycles. The molecule has 2 nitrogen and oxygen atoms in total. The number of hydrogen-bond acceptors (Lipinski definition) is 2. The van der Waals surface area contributed by atoms with Gasteiger partial charge in [-0.3, -0.25) is 4.79 Å². The molecule has 17 heavy (non-hydrogen) atoms. The van der Waals surface area contributed by atoms with Gasteiger partial charge in [-0.15, -0.1) is 0 Å². The molecular weight excluding hydrogens is 212 g/mol. The summed E-state index contributed by atoms with van der Waals surface area (Å²) in [6, 6.07) is 0. The Labute approximate surface area is 105 Å². The molecular formula is C15H26O2. The standard InChI is InChI=1S/C15H26O2/c1-14(2,3)17-13(16)12-6-10-15(11-7-12)8-4-5-9-15/h12H,4-11H2,1-3H3. The van der Waals surface area contributed by atoms with E-state index in [0.717, 1.165) is 12.8 Å². The van der Waals surface area contributed by atoms with E-state index in [1.54, 1.807) is 0 Å². The van der Waals surface area contributed by atoms with E-state index in [1.165, 1.54) is 38.5 Å². The molecule has 0 aromatic rings. The highest BCUT2D eigenvalue weighted by atomic mass is 16.6. The minimum atomic E-state index is -0.334. The van der Waals surface area contributed by atoms with E-state index >= 15 is 0 Å². The van der Waals surface area contributed by atoms with Crippen molar-refractivity contribution in [1.82, 2.24) is 0 Å². The number of esters is 1. The zero-order chi connectivity index (χ0) is 12.5. The van der Waals surface area contributed by atoms with Crippen molar-refractivity contribution in [1.29, 1.82) is 0 Å². The molecule has 0 radical (unpaired) electrons. The van der Waals surface area contributed by atoms with Gasteiger partial charge in [0.25, 0.3) is 0 Å². The van der Waals surface area contributed by atoms with Crippen molar-refractivity contribution in [2.24, 2.45) is 11.3 Å². The second-order valence-corrected chi connectivity index (χ2v) is 7.01. The summed E-state index contributed by atoms with van der Waals surface area (Å²) in [5, 5.41) is 0. The van der Waals surface area contributed by atoms with Gasteiger partial charge in [0.1, 0.15) is 5.60 Å². The van der Waals surface area contributed by atoms with Gasteiger partial charge in [-0.25, -0.2) is 0 Å². The molecule has 2 heteroatoms. The predicted molar refractivity (Wildman–Crippen MR) is 68.7 cm³/mol. The summed E-state index contributed by atoms with van der Waals surface area (Å²) in [7, 11) is 0. The first-order valence-electron chi connectivity index (χ1n) is 7.13. The average Bonchev–Trinajstić information content (AvgIpc) is 2.65. The average molecular weight is 238 g/mol. The SMILES string of the molecule is CC(C)(C)OC(=O)C1CCC2(CCCC2)CC1. The Hall–Kier alpha value is -0.530. The second-order valence-electron chi connectivity index (χ2n) is 7.01. The topological polar surface area (TPSA) is 26.3 Å². The van der Waals surface area contributed by atoms with Crippen molar-refractivity contribution in [2.75, 3.05) is 0 Å². The van der Waals surface area contributed by atoms with Gasteiger partial charge in [-0.1, -0.05) is 12.8 Å². The minimum Gasteiger partial charge on any atom is -0.460 e. The van der Waals surface area contributed by atoms with Crippen LogP contribution in [0.1, 0.15) is 72.1 Å². The summed E-state index contributed by atoms with van der Waals surface area (Å²) in [6.07, 6.45) is 10.2. The third-order valence-electron chi connectivity index (χ3n) is 4.45. The summed E-state index contributed by atoms with van der Waals surface area (Å²) in [4.78, 5) is 12.0. The summed E-state index contributed by atoms with van der Waals surface area (Å²) >= 11 is 0. The fourth-order valence-corrected chi connectivity index (χ4v) is 3.48. The maximum atomic E-state index is 12.0. The maximum absolute atomic E-state index is 12.0. The number of carbonyl (C=O) groups is 1. The summed E-state index contributed by atoms with van der Waals surface area (Å²) in [6.45, 7) is 5.85. The Balaban J connectivity index is 1.84. The first-order valence-corrected chi connectivity index (χ1v) is 7.13.